The van der Waals surface area contributed by atoms with Crippen LogP contribution in [0.15, 0.2) is 36.4 Å². The summed E-state index contributed by atoms with van der Waals surface area (Å²) in [5.41, 5.74) is 5.03. The van der Waals surface area contributed by atoms with Crippen LogP contribution in [0.5, 0.6) is 5.75 Å². The lowest BCUT2D eigenvalue weighted by atomic mass is 10.1. The average Bonchev–Trinajstić information content (AvgIpc) is 2.73. The molecule has 0 aliphatic rings. The minimum atomic E-state index is 0.242. The van der Waals surface area contributed by atoms with Crippen LogP contribution in [0.25, 0.3) is 22.4 Å². The van der Waals surface area contributed by atoms with E-state index in [0.717, 1.165) is 22.2 Å². The summed E-state index contributed by atoms with van der Waals surface area (Å²) < 4.78 is 0. The van der Waals surface area contributed by atoms with Crippen LogP contribution in [0.3, 0.4) is 0 Å². The molecule has 0 amide bonds. The van der Waals surface area contributed by atoms with Gasteiger partial charge in [-0.15, -0.1) is 0 Å². The number of phenolic OH excluding ortho intramolecular Hbond substituents is 1. The van der Waals surface area contributed by atoms with Crippen LogP contribution in [0, 0.1) is 13.8 Å². The number of benzene rings is 2. The van der Waals surface area contributed by atoms with E-state index in [2.05, 4.69) is 29.0 Å². The van der Waals surface area contributed by atoms with Gasteiger partial charge >= 0.3 is 0 Å². The molecule has 0 bridgehead atoms. The fourth-order valence-corrected chi connectivity index (χ4v) is 2.27. The number of nitrogens with one attached hydrogen (secondary N) is 1. The molecule has 2 N–H and O–H groups in total. The average molecular weight is 238 g/mol. The minimum Gasteiger partial charge on any atom is -0.507 e. The van der Waals surface area contributed by atoms with Gasteiger partial charge in [0.15, 0.2) is 0 Å². The van der Waals surface area contributed by atoms with Crippen LogP contribution in [0.1, 0.15) is 11.1 Å². The van der Waals surface area contributed by atoms with Gasteiger partial charge in [-0.3, -0.25) is 0 Å². The highest BCUT2D eigenvalue weighted by molar-refractivity contribution is 5.83. The topological polar surface area (TPSA) is 48.9 Å². The van der Waals surface area contributed by atoms with Crippen molar-refractivity contribution >= 4 is 11.0 Å². The standard InChI is InChI=1S/C15H14N2O/c1-9-7-10(2)14-12(8-9)16-15(17-14)11-5-3-4-6-13(11)18/h3-8,18H,1-2H3,(H,16,17). The molecular weight excluding hydrogens is 224 g/mol. The quantitative estimate of drug-likeness (QED) is 0.681. The molecule has 0 fully saturated rings. The molecule has 3 heteroatoms. The maximum absolute atomic E-state index is 9.85. The SMILES string of the molecule is Cc1cc(C)c2nc(-c3ccccc3O)[nH]c2c1. The second-order valence-corrected chi connectivity index (χ2v) is 4.58. The van der Waals surface area contributed by atoms with Gasteiger partial charge in [0.2, 0.25) is 0 Å². The second-order valence-electron chi connectivity index (χ2n) is 4.58. The summed E-state index contributed by atoms with van der Waals surface area (Å²) in [6.07, 6.45) is 0. The van der Waals surface area contributed by atoms with E-state index in [1.165, 1.54) is 5.56 Å². The number of aromatic amines is 1. The van der Waals surface area contributed by atoms with Crippen molar-refractivity contribution in [3.63, 3.8) is 0 Å². The van der Waals surface area contributed by atoms with Gasteiger partial charge in [0, 0.05) is 0 Å². The molecule has 3 aromatic rings. The highest BCUT2D eigenvalue weighted by atomic mass is 16.3. The zero-order chi connectivity index (χ0) is 12.7. The molecule has 0 saturated carbocycles. The number of rotatable bonds is 1. The van der Waals surface area contributed by atoms with E-state index >= 15 is 0 Å². The predicted octanol–water partition coefficient (Wildman–Crippen LogP) is 3.55. The van der Waals surface area contributed by atoms with Gasteiger partial charge < -0.3 is 10.1 Å². The molecule has 0 aliphatic carbocycles. The fourth-order valence-electron chi connectivity index (χ4n) is 2.27. The number of hydrogen-bond donors (Lipinski definition) is 2. The van der Waals surface area contributed by atoms with E-state index < -0.39 is 0 Å². The van der Waals surface area contributed by atoms with Crippen LogP contribution < -0.4 is 0 Å². The van der Waals surface area contributed by atoms with Crippen molar-refractivity contribution in [1.29, 1.82) is 0 Å². The third kappa shape index (κ3) is 1.64. The van der Waals surface area contributed by atoms with E-state index in [0.29, 0.717) is 5.82 Å². The number of aryl methyl sites for hydroxylation is 2. The summed E-state index contributed by atoms with van der Waals surface area (Å²) in [7, 11) is 0. The van der Waals surface area contributed by atoms with Gasteiger partial charge in [0.1, 0.15) is 11.6 Å². The number of phenols is 1. The van der Waals surface area contributed by atoms with Crippen molar-refractivity contribution in [2.45, 2.75) is 13.8 Å². The predicted molar refractivity (Wildman–Crippen MR) is 72.7 cm³/mol. The zero-order valence-electron chi connectivity index (χ0n) is 10.4. The van der Waals surface area contributed by atoms with Gasteiger partial charge in [-0.25, -0.2) is 4.98 Å². The van der Waals surface area contributed by atoms with Crippen LogP contribution in [0.2, 0.25) is 0 Å². The highest BCUT2D eigenvalue weighted by Crippen LogP contribution is 2.29. The lowest BCUT2D eigenvalue weighted by molar-refractivity contribution is 0.477. The highest BCUT2D eigenvalue weighted by Gasteiger charge is 2.10. The van der Waals surface area contributed by atoms with Gasteiger partial charge in [-0.1, -0.05) is 18.2 Å². The van der Waals surface area contributed by atoms with E-state index in [1.807, 2.05) is 19.1 Å². The van der Waals surface area contributed by atoms with E-state index in [4.69, 9.17) is 0 Å². The molecule has 3 nitrogen and oxygen atoms in total. The number of aromatic nitrogens is 2. The van der Waals surface area contributed by atoms with Gasteiger partial charge in [-0.2, -0.15) is 0 Å². The van der Waals surface area contributed by atoms with Crippen LogP contribution in [0.4, 0.5) is 0 Å². The third-order valence-electron chi connectivity index (χ3n) is 3.08. The molecule has 0 saturated heterocycles. The summed E-state index contributed by atoms with van der Waals surface area (Å²) in [5.74, 6) is 0.947. The van der Waals surface area contributed by atoms with Crippen molar-refractivity contribution in [2.24, 2.45) is 0 Å². The molecule has 90 valence electrons. The number of para-hydroxylation sites is 1. The van der Waals surface area contributed by atoms with Gasteiger partial charge in [-0.05, 0) is 43.2 Å². The maximum atomic E-state index is 9.85. The number of nitrogens with zero attached hydrogens (tertiary/aromatic N) is 1. The summed E-state index contributed by atoms with van der Waals surface area (Å²) in [4.78, 5) is 7.83. The summed E-state index contributed by atoms with van der Waals surface area (Å²) in [6, 6.07) is 11.4. The summed E-state index contributed by atoms with van der Waals surface area (Å²) >= 11 is 0. The molecule has 0 spiro atoms. The molecule has 2 aromatic carbocycles. The lowest BCUT2D eigenvalue weighted by Crippen LogP contribution is -1.80. The largest absolute Gasteiger partial charge is 0.507 e. The molecule has 0 atom stereocenters. The lowest BCUT2D eigenvalue weighted by Gasteiger charge is -1.98. The number of aromatic hydroxyl groups is 1. The zero-order valence-corrected chi connectivity index (χ0v) is 10.4. The Labute approximate surface area is 105 Å². The Bertz CT molecular complexity index is 728. The molecule has 18 heavy (non-hydrogen) atoms. The Morgan fingerprint density at radius 3 is 2.67 bits per heavy atom. The first kappa shape index (κ1) is 10.8. The normalized spacial score (nSPS) is 11.0. The molecule has 0 unspecified atom stereocenters. The number of fused-ring (bicyclic) bond motifs is 1. The molecule has 3 rings (SSSR count). The van der Waals surface area contributed by atoms with Crippen molar-refractivity contribution in [3.05, 3.63) is 47.5 Å². The number of hydrogen-bond acceptors (Lipinski definition) is 2. The minimum absolute atomic E-state index is 0.242. The number of imidazole rings is 1. The molecule has 0 aliphatic heterocycles. The second kappa shape index (κ2) is 3.88. The first-order chi connectivity index (χ1) is 8.65. The summed E-state index contributed by atoms with van der Waals surface area (Å²) in [5, 5.41) is 9.85. The van der Waals surface area contributed by atoms with Crippen LogP contribution in [-0.4, -0.2) is 15.1 Å². The van der Waals surface area contributed by atoms with Crippen molar-refractivity contribution in [1.82, 2.24) is 9.97 Å². The number of H-pyrrole nitrogens is 1. The van der Waals surface area contributed by atoms with E-state index in [-0.39, 0.29) is 5.75 Å². The summed E-state index contributed by atoms with van der Waals surface area (Å²) in [6.45, 7) is 4.11. The Balaban J connectivity index is 2.26. The molecule has 1 heterocycles. The fraction of sp³-hybridized carbons (Fsp3) is 0.133. The monoisotopic (exact) mass is 238 g/mol. The van der Waals surface area contributed by atoms with Crippen LogP contribution >= 0.6 is 0 Å². The van der Waals surface area contributed by atoms with Crippen molar-refractivity contribution < 1.29 is 5.11 Å². The Morgan fingerprint density at radius 2 is 1.89 bits per heavy atom. The molecule has 0 radical (unpaired) electrons. The smallest absolute Gasteiger partial charge is 0.142 e. The van der Waals surface area contributed by atoms with Gasteiger partial charge in [0.25, 0.3) is 0 Å². The van der Waals surface area contributed by atoms with Crippen molar-refractivity contribution in [2.75, 3.05) is 0 Å². The third-order valence-corrected chi connectivity index (χ3v) is 3.08. The van der Waals surface area contributed by atoms with E-state index in [1.54, 1.807) is 12.1 Å². The van der Waals surface area contributed by atoms with E-state index in [9.17, 15) is 5.11 Å². The molecule has 1 aromatic heterocycles. The maximum Gasteiger partial charge on any atom is 0.142 e. The molecular formula is C15H14N2O. The Morgan fingerprint density at radius 1 is 1.11 bits per heavy atom. The van der Waals surface area contributed by atoms with Gasteiger partial charge in [0.05, 0.1) is 16.6 Å². The first-order valence-corrected chi connectivity index (χ1v) is 5.90. The van der Waals surface area contributed by atoms with Crippen LogP contribution in [-0.2, 0) is 0 Å². The Kier molecular flexibility index (Phi) is 2.33. The Hall–Kier alpha value is -2.29. The first-order valence-electron chi connectivity index (χ1n) is 5.90. The van der Waals surface area contributed by atoms with Crippen molar-refractivity contribution in [3.8, 4) is 17.1 Å².